The molecule has 66 valence electrons. The minimum absolute atomic E-state index is 0.219. The molecular weight excluding hydrogens is 152 g/mol. The normalized spacial score (nSPS) is 23.8. The molecule has 0 radical (unpaired) electrons. The summed E-state index contributed by atoms with van der Waals surface area (Å²) in [4.78, 5) is 10.8. The molecule has 1 aliphatic rings. The average molecular weight is 166 g/mol. The monoisotopic (exact) mass is 166 g/mol. The van der Waals surface area contributed by atoms with Gasteiger partial charge in [0.05, 0.1) is 0 Å². The number of terminal acetylenes is 1. The van der Waals surface area contributed by atoms with E-state index in [0.29, 0.717) is 0 Å². The van der Waals surface area contributed by atoms with Gasteiger partial charge in [-0.15, -0.1) is 6.42 Å². The SMILES string of the molecule is C#CC(=O)NC1CCCCNC1. The lowest BCUT2D eigenvalue weighted by atomic mass is 10.1. The smallest absolute Gasteiger partial charge is 0.295 e. The van der Waals surface area contributed by atoms with Crippen LogP contribution in [0.2, 0.25) is 0 Å². The molecule has 1 atom stereocenters. The van der Waals surface area contributed by atoms with Crippen LogP contribution in [0.5, 0.6) is 0 Å². The highest BCUT2D eigenvalue weighted by molar-refractivity contribution is 5.93. The molecule has 0 bridgehead atoms. The van der Waals surface area contributed by atoms with Gasteiger partial charge in [0.1, 0.15) is 0 Å². The van der Waals surface area contributed by atoms with E-state index >= 15 is 0 Å². The third-order valence-electron chi connectivity index (χ3n) is 2.01. The lowest BCUT2D eigenvalue weighted by molar-refractivity contribution is -0.116. The third-order valence-corrected chi connectivity index (χ3v) is 2.01. The highest BCUT2D eigenvalue weighted by Crippen LogP contribution is 2.03. The van der Waals surface area contributed by atoms with E-state index in [1.165, 1.54) is 6.42 Å². The van der Waals surface area contributed by atoms with Crippen LogP contribution in [0.15, 0.2) is 0 Å². The first-order chi connectivity index (χ1) is 5.83. The lowest BCUT2D eigenvalue weighted by Gasteiger charge is -2.13. The van der Waals surface area contributed by atoms with Crippen LogP contribution >= 0.6 is 0 Å². The summed E-state index contributed by atoms with van der Waals surface area (Å²) in [6.45, 7) is 1.88. The molecule has 0 aromatic carbocycles. The van der Waals surface area contributed by atoms with Crippen molar-refractivity contribution in [3.63, 3.8) is 0 Å². The molecule has 0 saturated carbocycles. The summed E-state index contributed by atoms with van der Waals surface area (Å²) in [5.41, 5.74) is 0. The Bertz CT molecular complexity index is 187. The molecule has 0 aromatic rings. The quantitative estimate of drug-likeness (QED) is 0.533. The Balaban J connectivity index is 2.30. The molecule has 1 fully saturated rings. The van der Waals surface area contributed by atoms with Gasteiger partial charge in [0.25, 0.3) is 5.91 Å². The molecule has 3 heteroatoms. The van der Waals surface area contributed by atoms with Crippen molar-refractivity contribution in [3.8, 4) is 12.3 Å². The molecule has 0 aromatic heterocycles. The van der Waals surface area contributed by atoms with Gasteiger partial charge in [0.2, 0.25) is 0 Å². The second kappa shape index (κ2) is 4.78. The fourth-order valence-corrected chi connectivity index (χ4v) is 1.37. The topological polar surface area (TPSA) is 41.1 Å². The Kier molecular flexibility index (Phi) is 3.62. The van der Waals surface area contributed by atoms with Gasteiger partial charge < -0.3 is 10.6 Å². The zero-order valence-electron chi connectivity index (χ0n) is 7.10. The van der Waals surface area contributed by atoms with Gasteiger partial charge in [-0.1, -0.05) is 6.42 Å². The van der Waals surface area contributed by atoms with Crippen molar-refractivity contribution in [2.24, 2.45) is 0 Å². The average Bonchev–Trinajstić information content (AvgIpc) is 2.33. The number of hydrogen-bond acceptors (Lipinski definition) is 2. The first-order valence-electron chi connectivity index (χ1n) is 4.31. The van der Waals surface area contributed by atoms with E-state index < -0.39 is 0 Å². The molecule has 1 saturated heterocycles. The minimum atomic E-state index is -0.302. The van der Waals surface area contributed by atoms with Crippen molar-refractivity contribution in [2.45, 2.75) is 25.3 Å². The minimum Gasteiger partial charge on any atom is -0.341 e. The van der Waals surface area contributed by atoms with Crippen LogP contribution in [-0.4, -0.2) is 25.0 Å². The number of carbonyl (C=O) groups is 1. The summed E-state index contributed by atoms with van der Waals surface area (Å²) < 4.78 is 0. The van der Waals surface area contributed by atoms with E-state index in [9.17, 15) is 4.79 Å². The number of hydrogen-bond donors (Lipinski definition) is 2. The van der Waals surface area contributed by atoms with Gasteiger partial charge in [-0.05, 0) is 25.3 Å². The molecule has 3 nitrogen and oxygen atoms in total. The molecule has 2 N–H and O–H groups in total. The second-order valence-corrected chi connectivity index (χ2v) is 3.01. The highest BCUT2D eigenvalue weighted by atomic mass is 16.1. The summed E-state index contributed by atoms with van der Waals surface area (Å²) in [7, 11) is 0. The van der Waals surface area contributed by atoms with E-state index in [4.69, 9.17) is 6.42 Å². The van der Waals surface area contributed by atoms with Crippen LogP contribution in [0.25, 0.3) is 0 Å². The zero-order valence-corrected chi connectivity index (χ0v) is 7.10. The Morgan fingerprint density at radius 2 is 2.42 bits per heavy atom. The molecule has 1 amide bonds. The number of carbonyl (C=O) groups excluding carboxylic acids is 1. The maximum atomic E-state index is 10.8. The lowest BCUT2D eigenvalue weighted by Crippen LogP contribution is -2.40. The van der Waals surface area contributed by atoms with Crippen molar-refractivity contribution in [2.75, 3.05) is 13.1 Å². The van der Waals surface area contributed by atoms with E-state index in [2.05, 4.69) is 16.6 Å². The van der Waals surface area contributed by atoms with Crippen molar-refractivity contribution in [3.05, 3.63) is 0 Å². The fourth-order valence-electron chi connectivity index (χ4n) is 1.37. The third kappa shape index (κ3) is 2.93. The molecular formula is C9H14N2O. The van der Waals surface area contributed by atoms with E-state index in [0.717, 1.165) is 25.9 Å². The molecule has 0 spiro atoms. The van der Waals surface area contributed by atoms with Gasteiger partial charge in [0, 0.05) is 12.6 Å². The van der Waals surface area contributed by atoms with Gasteiger partial charge in [0.15, 0.2) is 0 Å². The Morgan fingerprint density at radius 1 is 1.58 bits per heavy atom. The predicted molar refractivity (Wildman–Crippen MR) is 47.5 cm³/mol. The number of rotatable bonds is 1. The Morgan fingerprint density at radius 3 is 3.17 bits per heavy atom. The molecule has 1 aliphatic heterocycles. The van der Waals surface area contributed by atoms with Crippen LogP contribution in [-0.2, 0) is 4.79 Å². The summed E-state index contributed by atoms with van der Waals surface area (Å²) in [5, 5.41) is 6.01. The largest absolute Gasteiger partial charge is 0.341 e. The highest BCUT2D eigenvalue weighted by Gasteiger charge is 2.12. The summed E-state index contributed by atoms with van der Waals surface area (Å²) in [5.74, 6) is 1.75. The first kappa shape index (κ1) is 9.08. The van der Waals surface area contributed by atoms with Gasteiger partial charge in [-0.3, -0.25) is 4.79 Å². The Labute approximate surface area is 72.9 Å². The maximum Gasteiger partial charge on any atom is 0.295 e. The van der Waals surface area contributed by atoms with Gasteiger partial charge in [-0.25, -0.2) is 0 Å². The van der Waals surface area contributed by atoms with Crippen LogP contribution < -0.4 is 10.6 Å². The van der Waals surface area contributed by atoms with Crippen LogP contribution in [0, 0.1) is 12.3 Å². The molecule has 1 unspecified atom stereocenters. The Hall–Kier alpha value is -1.01. The molecule has 1 rings (SSSR count). The summed E-state index contributed by atoms with van der Waals surface area (Å²) in [6.07, 6.45) is 8.31. The molecule has 1 heterocycles. The van der Waals surface area contributed by atoms with Crippen molar-refractivity contribution in [1.82, 2.24) is 10.6 Å². The summed E-state index contributed by atoms with van der Waals surface area (Å²) in [6, 6.07) is 0.219. The van der Waals surface area contributed by atoms with Crippen LogP contribution in [0.4, 0.5) is 0 Å². The molecule has 0 aliphatic carbocycles. The van der Waals surface area contributed by atoms with Crippen LogP contribution in [0.3, 0.4) is 0 Å². The van der Waals surface area contributed by atoms with E-state index in [-0.39, 0.29) is 11.9 Å². The van der Waals surface area contributed by atoms with E-state index in [1.54, 1.807) is 0 Å². The van der Waals surface area contributed by atoms with Gasteiger partial charge >= 0.3 is 0 Å². The van der Waals surface area contributed by atoms with Gasteiger partial charge in [-0.2, -0.15) is 0 Å². The number of nitrogens with one attached hydrogen (secondary N) is 2. The van der Waals surface area contributed by atoms with E-state index in [1.807, 2.05) is 0 Å². The number of amides is 1. The second-order valence-electron chi connectivity index (χ2n) is 3.01. The molecule has 12 heavy (non-hydrogen) atoms. The van der Waals surface area contributed by atoms with Crippen LogP contribution in [0.1, 0.15) is 19.3 Å². The fraction of sp³-hybridized carbons (Fsp3) is 0.667. The zero-order chi connectivity index (χ0) is 8.81. The van der Waals surface area contributed by atoms with Crippen molar-refractivity contribution in [1.29, 1.82) is 0 Å². The summed E-state index contributed by atoms with van der Waals surface area (Å²) >= 11 is 0. The van der Waals surface area contributed by atoms with Crippen molar-refractivity contribution >= 4 is 5.91 Å². The maximum absolute atomic E-state index is 10.8. The standard InChI is InChI=1S/C9H14N2O/c1-2-9(12)11-8-5-3-4-6-10-7-8/h1,8,10H,3-7H2,(H,11,12). The predicted octanol–water partition coefficient (Wildman–Crippen LogP) is -0.122. The first-order valence-corrected chi connectivity index (χ1v) is 4.31. The van der Waals surface area contributed by atoms with Crippen molar-refractivity contribution < 1.29 is 4.79 Å².